The number of fused-ring (bicyclic) bond motifs is 3. The van der Waals surface area contributed by atoms with E-state index in [-0.39, 0.29) is 5.91 Å². The lowest BCUT2D eigenvalue weighted by Crippen LogP contribution is -2.15. The minimum Gasteiger partial charge on any atom is -0.321 e. The third-order valence-electron chi connectivity index (χ3n) is 5.36. The molecule has 25 heavy (non-hydrogen) atoms. The predicted molar refractivity (Wildman–Crippen MR) is 109 cm³/mol. The fourth-order valence-electron chi connectivity index (χ4n) is 3.62. The first-order chi connectivity index (χ1) is 12.0. The standard InChI is InChI=1S/C21H23NOS2/c1-12-7-8-15-16-11-24-20(10-19(16)25-18(15)9-12)21(23)22-17-6-4-5-13(2)14(17)3/h4-6,10,12H,7-9,11H2,1-3H3,(H,22,23). The van der Waals surface area contributed by atoms with Gasteiger partial charge in [0.05, 0.1) is 4.91 Å². The number of carbonyl (C=O) groups excluding carboxylic acids is 1. The highest BCUT2D eigenvalue weighted by Gasteiger charge is 2.27. The molecule has 1 aromatic carbocycles. The zero-order valence-corrected chi connectivity index (χ0v) is 16.6. The molecule has 1 aliphatic carbocycles. The van der Waals surface area contributed by atoms with Gasteiger partial charge in [-0.3, -0.25) is 4.79 Å². The maximum Gasteiger partial charge on any atom is 0.262 e. The molecule has 1 N–H and O–H groups in total. The van der Waals surface area contributed by atoms with Gasteiger partial charge in [0, 0.05) is 21.2 Å². The number of aryl methyl sites for hydroxylation is 1. The van der Waals surface area contributed by atoms with Crippen LogP contribution in [0.1, 0.15) is 45.4 Å². The molecular formula is C21H23NOS2. The van der Waals surface area contributed by atoms with E-state index in [1.165, 1.54) is 35.3 Å². The molecule has 130 valence electrons. The van der Waals surface area contributed by atoms with Crippen molar-refractivity contribution in [1.82, 2.24) is 0 Å². The van der Waals surface area contributed by atoms with Gasteiger partial charge in [0.25, 0.3) is 5.91 Å². The maximum absolute atomic E-state index is 12.7. The molecule has 0 radical (unpaired) electrons. The molecule has 2 aliphatic rings. The lowest BCUT2D eigenvalue weighted by molar-refractivity contribution is -0.112. The Morgan fingerprint density at radius 3 is 2.92 bits per heavy atom. The van der Waals surface area contributed by atoms with E-state index >= 15 is 0 Å². The van der Waals surface area contributed by atoms with Gasteiger partial charge < -0.3 is 5.32 Å². The zero-order valence-electron chi connectivity index (χ0n) is 14.9. The average molecular weight is 370 g/mol. The lowest BCUT2D eigenvalue weighted by Gasteiger charge is -2.20. The SMILES string of the molecule is Cc1cccc(NC(=O)C2=Cc3sc4c(c3CS2)CCC(C)C4)c1C. The summed E-state index contributed by atoms with van der Waals surface area (Å²) in [7, 11) is 0. The Morgan fingerprint density at radius 2 is 2.08 bits per heavy atom. The highest BCUT2D eigenvalue weighted by atomic mass is 32.2. The van der Waals surface area contributed by atoms with Crippen LogP contribution in [0, 0.1) is 19.8 Å². The summed E-state index contributed by atoms with van der Waals surface area (Å²) in [5, 5.41) is 3.10. The molecule has 1 aromatic heterocycles. The minimum absolute atomic E-state index is 0.0177. The number of carbonyl (C=O) groups is 1. The Bertz CT molecular complexity index is 878. The second kappa shape index (κ2) is 6.65. The Kier molecular flexibility index (Phi) is 4.50. The van der Waals surface area contributed by atoms with Crippen molar-refractivity contribution in [2.24, 2.45) is 5.92 Å². The third-order valence-corrected chi connectivity index (χ3v) is 7.65. The van der Waals surface area contributed by atoms with E-state index in [2.05, 4.69) is 38.2 Å². The van der Waals surface area contributed by atoms with E-state index in [1.54, 1.807) is 22.2 Å². The summed E-state index contributed by atoms with van der Waals surface area (Å²) < 4.78 is 0. The molecule has 4 heteroatoms. The van der Waals surface area contributed by atoms with Crippen LogP contribution in [0.25, 0.3) is 6.08 Å². The lowest BCUT2D eigenvalue weighted by atomic mass is 9.88. The molecule has 0 saturated carbocycles. The molecule has 0 saturated heterocycles. The topological polar surface area (TPSA) is 29.1 Å². The smallest absolute Gasteiger partial charge is 0.262 e. The third kappa shape index (κ3) is 3.18. The molecule has 0 fully saturated rings. The van der Waals surface area contributed by atoms with E-state index in [0.717, 1.165) is 27.8 Å². The highest BCUT2D eigenvalue weighted by Crippen LogP contribution is 2.43. The summed E-state index contributed by atoms with van der Waals surface area (Å²) in [6.07, 6.45) is 5.82. The van der Waals surface area contributed by atoms with Crippen molar-refractivity contribution in [2.75, 3.05) is 5.32 Å². The van der Waals surface area contributed by atoms with Crippen LogP contribution in [-0.4, -0.2) is 5.91 Å². The summed E-state index contributed by atoms with van der Waals surface area (Å²) in [6, 6.07) is 6.04. The van der Waals surface area contributed by atoms with Crippen molar-refractivity contribution in [3.8, 4) is 0 Å². The number of benzene rings is 1. The highest BCUT2D eigenvalue weighted by molar-refractivity contribution is 8.03. The van der Waals surface area contributed by atoms with Crippen molar-refractivity contribution in [3.63, 3.8) is 0 Å². The number of rotatable bonds is 2. The molecular weight excluding hydrogens is 346 g/mol. The minimum atomic E-state index is 0.0177. The van der Waals surface area contributed by atoms with Gasteiger partial charge in [0.2, 0.25) is 0 Å². The van der Waals surface area contributed by atoms with E-state index in [9.17, 15) is 4.79 Å². The molecule has 1 aliphatic heterocycles. The second-order valence-electron chi connectivity index (χ2n) is 7.19. The van der Waals surface area contributed by atoms with Crippen LogP contribution in [0.3, 0.4) is 0 Å². The summed E-state index contributed by atoms with van der Waals surface area (Å²) in [5.74, 6) is 1.74. The van der Waals surface area contributed by atoms with E-state index in [0.29, 0.717) is 0 Å². The molecule has 4 rings (SSSR count). The second-order valence-corrected chi connectivity index (χ2v) is 9.35. The molecule has 1 amide bonds. The maximum atomic E-state index is 12.7. The average Bonchev–Trinajstić information content (AvgIpc) is 2.95. The Labute approximate surface area is 157 Å². The number of amides is 1. The molecule has 2 heterocycles. The number of hydrogen-bond donors (Lipinski definition) is 1. The molecule has 1 atom stereocenters. The molecule has 2 nitrogen and oxygen atoms in total. The van der Waals surface area contributed by atoms with Crippen molar-refractivity contribution in [1.29, 1.82) is 0 Å². The normalized spacial score (nSPS) is 19.0. The largest absolute Gasteiger partial charge is 0.321 e. The van der Waals surface area contributed by atoms with E-state index in [4.69, 9.17) is 0 Å². The van der Waals surface area contributed by atoms with Gasteiger partial charge in [0.15, 0.2) is 0 Å². The van der Waals surface area contributed by atoms with Crippen molar-refractivity contribution in [2.45, 2.75) is 45.8 Å². The zero-order chi connectivity index (χ0) is 17.6. The van der Waals surface area contributed by atoms with Crippen LogP contribution in [-0.2, 0) is 23.4 Å². The van der Waals surface area contributed by atoms with Gasteiger partial charge in [-0.2, -0.15) is 0 Å². The van der Waals surface area contributed by atoms with Crippen LogP contribution < -0.4 is 5.32 Å². The van der Waals surface area contributed by atoms with Gasteiger partial charge in [-0.05, 0) is 73.4 Å². The Balaban J connectivity index is 1.59. The first-order valence-electron chi connectivity index (χ1n) is 8.88. The Morgan fingerprint density at radius 1 is 1.24 bits per heavy atom. The van der Waals surface area contributed by atoms with Crippen LogP contribution in [0.15, 0.2) is 23.1 Å². The van der Waals surface area contributed by atoms with Gasteiger partial charge in [-0.1, -0.05) is 19.1 Å². The first kappa shape index (κ1) is 16.9. The monoisotopic (exact) mass is 369 g/mol. The number of thioether (sulfide) groups is 1. The number of anilines is 1. The van der Waals surface area contributed by atoms with Crippen LogP contribution in [0.2, 0.25) is 0 Å². The number of nitrogens with one attached hydrogen (secondary N) is 1. The van der Waals surface area contributed by atoms with Gasteiger partial charge in [-0.25, -0.2) is 0 Å². The molecule has 1 unspecified atom stereocenters. The Hall–Kier alpha value is -1.52. The fourth-order valence-corrected chi connectivity index (χ4v) is 6.28. The van der Waals surface area contributed by atoms with Crippen LogP contribution >= 0.6 is 23.1 Å². The first-order valence-corrected chi connectivity index (χ1v) is 10.7. The van der Waals surface area contributed by atoms with Crippen molar-refractivity contribution >= 4 is 40.8 Å². The van der Waals surface area contributed by atoms with E-state index < -0.39 is 0 Å². The van der Waals surface area contributed by atoms with Crippen LogP contribution in [0.5, 0.6) is 0 Å². The number of hydrogen-bond acceptors (Lipinski definition) is 3. The number of thiophene rings is 1. The summed E-state index contributed by atoms with van der Waals surface area (Å²) in [4.78, 5) is 16.4. The summed E-state index contributed by atoms with van der Waals surface area (Å²) >= 11 is 3.58. The van der Waals surface area contributed by atoms with Gasteiger partial charge >= 0.3 is 0 Å². The predicted octanol–water partition coefficient (Wildman–Crippen LogP) is 5.72. The quantitative estimate of drug-likeness (QED) is 0.734. The molecule has 0 spiro atoms. The van der Waals surface area contributed by atoms with Crippen molar-refractivity contribution in [3.05, 3.63) is 55.1 Å². The molecule has 0 bridgehead atoms. The van der Waals surface area contributed by atoms with Crippen molar-refractivity contribution < 1.29 is 4.79 Å². The van der Waals surface area contributed by atoms with Gasteiger partial charge in [-0.15, -0.1) is 23.1 Å². The summed E-state index contributed by atoms with van der Waals surface area (Å²) in [5.41, 5.74) is 6.32. The van der Waals surface area contributed by atoms with Gasteiger partial charge in [0.1, 0.15) is 0 Å². The fraction of sp³-hybridized carbons (Fsp3) is 0.381. The van der Waals surface area contributed by atoms with E-state index in [1.807, 2.05) is 23.5 Å². The van der Waals surface area contributed by atoms with Crippen LogP contribution in [0.4, 0.5) is 5.69 Å². The summed E-state index contributed by atoms with van der Waals surface area (Å²) in [6.45, 7) is 6.47. The molecule has 2 aromatic rings.